The van der Waals surface area contributed by atoms with E-state index in [4.69, 9.17) is 15.2 Å². The van der Waals surface area contributed by atoms with E-state index in [2.05, 4.69) is 33.9 Å². The van der Waals surface area contributed by atoms with Gasteiger partial charge in [0.25, 0.3) is 5.91 Å². The Labute approximate surface area is 221 Å². The van der Waals surface area contributed by atoms with E-state index in [1.165, 1.54) is 30.5 Å². The zero-order valence-corrected chi connectivity index (χ0v) is 23.5. The molecule has 5 aliphatic carbocycles. The van der Waals surface area contributed by atoms with Gasteiger partial charge in [0.05, 0.1) is 42.8 Å². The number of nitrogens with two attached hydrogens (primary N) is 1. The Morgan fingerprint density at radius 1 is 1.22 bits per heavy atom. The van der Waals surface area contributed by atoms with Gasteiger partial charge in [-0.1, -0.05) is 26.8 Å². The number of benzene rings is 1. The minimum Gasteiger partial charge on any atom is -0.485 e. The van der Waals surface area contributed by atoms with Crippen LogP contribution in [0.4, 0.5) is 0 Å². The van der Waals surface area contributed by atoms with Gasteiger partial charge in [-0.3, -0.25) is 4.79 Å². The van der Waals surface area contributed by atoms with Crippen LogP contribution in [0.3, 0.4) is 0 Å². The monoisotopic (exact) mass is 509 g/mol. The van der Waals surface area contributed by atoms with Crippen molar-refractivity contribution in [2.24, 2.45) is 28.4 Å². The first kappa shape index (κ1) is 24.4. The molecule has 8 rings (SSSR count). The molecule has 1 saturated heterocycles. The van der Waals surface area contributed by atoms with E-state index >= 15 is 0 Å². The molecular weight excluding hydrogens is 464 g/mol. The second kappa shape index (κ2) is 6.92. The summed E-state index contributed by atoms with van der Waals surface area (Å²) in [5.41, 5.74) is 6.92. The number of likely N-dealkylation sites (tertiary alicyclic amines) is 1. The highest BCUT2D eigenvalue weighted by molar-refractivity contribution is 5.97. The molecule has 7 aliphatic rings. The fourth-order valence-corrected chi connectivity index (χ4v) is 10.5. The predicted molar refractivity (Wildman–Crippen MR) is 141 cm³/mol. The first-order valence-electron chi connectivity index (χ1n) is 14.5. The smallest absolute Gasteiger partial charge is 0.252 e. The van der Waals surface area contributed by atoms with Gasteiger partial charge in [-0.2, -0.15) is 0 Å². The van der Waals surface area contributed by atoms with Crippen LogP contribution in [0.5, 0.6) is 5.75 Å². The number of fused-ring (bicyclic) bond motifs is 2. The second-order valence-corrected chi connectivity index (χ2v) is 15.1. The molecule has 0 radical (unpaired) electrons. The molecule has 1 aromatic carbocycles. The molecule has 5 unspecified atom stereocenters. The van der Waals surface area contributed by atoms with Crippen LogP contribution in [0, 0.1) is 22.7 Å². The van der Waals surface area contributed by atoms with Gasteiger partial charge in [-0.15, -0.1) is 0 Å². The molecule has 3 N–H and O–H groups in total. The molecule has 4 saturated carbocycles. The van der Waals surface area contributed by atoms with Crippen LogP contribution in [-0.2, 0) is 16.6 Å². The number of quaternary nitrogens is 1. The fourth-order valence-electron chi connectivity index (χ4n) is 10.5. The molecule has 6 heteroatoms. The summed E-state index contributed by atoms with van der Waals surface area (Å²) in [6, 6.07) is 4.54. The summed E-state index contributed by atoms with van der Waals surface area (Å²) in [5, 5.41) is 12.3. The maximum absolute atomic E-state index is 12.6. The van der Waals surface area contributed by atoms with Crippen LogP contribution in [-0.4, -0.2) is 66.1 Å². The number of aliphatic hydroxyl groups is 1. The SMILES string of the molecule is COC12CCC3(C[C@@H]1C(C)(O)C(C)(C)C)C1Cc4ccc(C(N)=O)c5c4C3(CC[N@@+]1(C)CC1CC1)[C@@H]2O5. The third kappa shape index (κ3) is 2.61. The number of piperidine rings is 1. The zero-order valence-electron chi connectivity index (χ0n) is 23.5. The van der Waals surface area contributed by atoms with Crippen LogP contribution in [0.15, 0.2) is 12.1 Å². The number of likely N-dealkylation sites (N-methyl/N-ethyl adjacent to an activating group) is 1. The topological polar surface area (TPSA) is 81.8 Å². The number of methoxy groups -OCH3 is 1. The number of hydrogen-bond acceptors (Lipinski definition) is 4. The highest BCUT2D eigenvalue weighted by Gasteiger charge is 2.84. The Morgan fingerprint density at radius 2 is 1.95 bits per heavy atom. The highest BCUT2D eigenvalue weighted by atomic mass is 16.6. The Balaban J connectivity index is 1.51. The van der Waals surface area contributed by atoms with Crippen LogP contribution >= 0.6 is 0 Å². The standard InChI is InChI=1S/C31H44N2O4/c1-27(2,3)28(4,35)21-16-29-11-12-31(21,36-6)26-30(29)13-14-33(5,17-18-7-8-18)22(29)15-19-9-10-20(25(32)34)24(37-26)23(19)30/h9-10,18,21-22,26,35H,7-8,11-17H2,1-6H3,(H-,32,34)/p+1/t21-,22?,26+,28?,29?,30?,31?,33+/m1/s1. The lowest BCUT2D eigenvalue weighted by Crippen LogP contribution is -2.85. The quantitative estimate of drug-likeness (QED) is 0.589. The van der Waals surface area contributed by atoms with Gasteiger partial charge in [0.15, 0.2) is 0 Å². The van der Waals surface area contributed by atoms with Gasteiger partial charge in [0, 0.05) is 42.8 Å². The molecule has 2 aliphatic heterocycles. The number of carbonyl (C=O) groups is 1. The van der Waals surface area contributed by atoms with E-state index in [1.807, 2.05) is 20.1 Å². The summed E-state index contributed by atoms with van der Waals surface area (Å²) in [6.45, 7) is 10.9. The number of ether oxygens (including phenoxy) is 2. The zero-order chi connectivity index (χ0) is 26.4. The molecule has 2 spiro atoms. The second-order valence-electron chi connectivity index (χ2n) is 15.1. The molecule has 6 nitrogen and oxygen atoms in total. The number of carbonyl (C=O) groups excluding carboxylic acids is 1. The summed E-state index contributed by atoms with van der Waals surface area (Å²) >= 11 is 0. The van der Waals surface area contributed by atoms with Crippen molar-refractivity contribution in [1.29, 1.82) is 0 Å². The lowest BCUT2D eigenvalue weighted by molar-refractivity contribution is -0.952. The number of nitrogens with zero attached hydrogens (tertiary/aromatic N) is 1. The molecular formula is C31H45N2O4+. The van der Waals surface area contributed by atoms with Gasteiger partial charge in [0.2, 0.25) is 0 Å². The molecule has 37 heavy (non-hydrogen) atoms. The van der Waals surface area contributed by atoms with Gasteiger partial charge in [-0.05, 0) is 56.1 Å². The maximum Gasteiger partial charge on any atom is 0.252 e. The molecule has 8 atom stereocenters. The average Bonchev–Trinajstić information content (AvgIpc) is 3.56. The van der Waals surface area contributed by atoms with Crippen LogP contribution in [0.2, 0.25) is 0 Å². The Morgan fingerprint density at radius 3 is 2.57 bits per heavy atom. The van der Waals surface area contributed by atoms with E-state index in [1.54, 1.807) is 0 Å². The van der Waals surface area contributed by atoms with E-state index in [0.29, 0.717) is 11.6 Å². The minimum atomic E-state index is -0.947. The third-order valence-electron chi connectivity index (χ3n) is 12.9. The average molecular weight is 510 g/mol. The van der Waals surface area contributed by atoms with Crippen molar-refractivity contribution < 1.29 is 23.9 Å². The number of rotatable bonds is 5. The number of primary amides is 1. The number of hydrogen-bond donors (Lipinski definition) is 2. The molecule has 202 valence electrons. The van der Waals surface area contributed by atoms with E-state index in [0.717, 1.165) is 54.8 Å². The van der Waals surface area contributed by atoms with E-state index in [9.17, 15) is 9.90 Å². The van der Waals surface area contributed by atoms with Gasteiger partial charge >= 0.3 is 0 Å². The summed E-state index contributed by atoms with van der Waals surface area (Å²) in [7, 11) is 4.34. The van der Waals surface area contributed by atoms with Crippen molar-refractivity contribution in [3.8, 4) is 5.75 Å². The lowest BCUT2D eigenvalue weighted by Gasteiger charge is -2.75. The van der Waals surface area contributed by atoms with Crippen LogP contribution in [0.25, 0.3) is 0 Å². The van der Waals surface area contributed by atoms with Crippen molar-refractivity contribution in [2.45, 2.75) is 101 Å². The summed E-state index contributed by atoms with van der Waals surface area (Å²) in [4.78, 5) is 12.6. The molecule has 4 bridgehead atoms. The van der Waals surface area contributed by atoms with Crippen molar-refractivity contribution in [2.75, 3.05) is 27.2 Å². The maximum atomic E-state index is 12.6. The summed E-state index contributed by atoms with van der Waals surface area (Å²) in [5.74, 6) is 1.07. The molecule has 2 heterocycles. The molecule has 0 aromatic heterocycles. The Kier molecular flexibility index (Phi) is 4.57. The minimum absolute atomic E-state index is 0.00569. The largest absolute Gasteiger partial charge is 0.485 e. The Bertz CT molecular complexity index is 1200. The molecule has 1 aromatic rings. The first-order valence-corrected chi connectivity index (χ1v) is 14.5. The molecule has 1 amide bonds. The normalized spacial score (nSPS) is 44.7. The van der Waals surface area contributed by atoms with Crippen LogP contribution in [0.1, 0.15) is 87.7 Å². The highest BCUT2D eigenvalue weighted by Crippen LogP contribution is 2.78. The van der Waals surface area contributed by atoms with Crippen LogP contribution < -0.4 is 10.5 Å². The predicted octanol–water partition coefficient (Wildman–Crippen LogP) is 3.95. The van der Waals surface area contributed by atoms with Crippen molar-refractivity contribution >= 4 is 5.91 Å². The van der Waals surface area contributed by atoms with Crippen molar-refractivity contribution in [3.05, 3.63) is 28.8 Å². The first-order chi connectivity index (χ1) is 17.3. The van der Waals surface area contributed by atoms with Gasteiger partial charge in [0.1, 0.15) is 17.5 Å². The Hall–Kier alpha value is -1.63. The van der Waals surface area contributed by atoms with E-state index < -0.39 is 17.1 Å². The van der Waals surface area contributed by atoms with Crippen molar-refractivity contribution in [1.82, 2.24) is 0 Å². The van der Waals surface area contributed by atoms with Gasteiger partial charge < -0.3 is 24.8 Å². The third-order valence-corrected chi connectivity index (χ3v) is 12.9. The van der Waals surface area contributed by atoms with E-state index in [-0.39, 0.29) is 28.3 Å². The summed E-state index contributed by atoms with van der Waals surface area (Å²) in [6.07, 6.45) is 7.44. The lowest BCUT2D eigenvalue weighted by atomic mass is 9.33. The van der Waals surface area contributed by atoms with Crippen molar-refractivity contribution in [3.63, 3.8) is 0 Å². The fraction of sp³-hybridized carbons (Fsp3) is 0.774. The number of amides is 1. The molecule has 5 fully saturated rings. The van der Waals surface area contributed by atoms with Gasteiger partial charge in [-0.25, -0.2) is 0 Å². The summed E-state index contributed by atoms with van der Waals surface area (Å²) < 4.78 is 14.8.